The summed E-state index contributed by atoms with van der Waals surface area (Å²) in [6, 6.07) is 0. The first kappa shape index (κ1) is 14.0. The molecule has 0 aliphatic heterocycles. The molecule has 4 saturated carbocycles. The number of carbonyl (C=O) groups excluding carboxylic acids is 1. The lowest BCUT2D eigenvalue weighted by molar-refractivity contribution is -0.160. The fourth-order valence-corrected chi connectivity index (χ4v) is 7.44. The summed E-state index contributed by atoms with van der Waals surface area (Å²) in [5, 5.41) is 0. The van der Waals surface area contributed by atoms with Crippen LogP contribution >= 0.6 is 0 Å². The molecule has 4 aliphatic carbocycles. The van der Waals surface area contributed by atoms with E-state index in [9.17, 15) is 4.79 Å². The Bertz CT molecular complexity index is 516. The van der Waals surface area contributed by atoms with Crippen LogP contribution in [0, 0.1) is 34.0 Å². The van der Waals surface area contributed by atoms with Crippen molar-refractivity contribution in [3.8, 4) is 0 Å². The third kappa shape index (κ3) is 1.56. The van der Waals surface area contributed by atoms with E-state index in [1.807, 2.05) is 0 Å². The molecular weight excluding hydrogens is 256 g/mol. The van der Waals surface area contributed by atoms with Crippen molar-refractivity contribution in [1.29, 1.82) is 0 Å². The standard InChI is InChI=1S/C20H30O/c1-13-14-6-7-16-19(4)10-5-9-18(2,3)15(19)8-11-20(16,12-14)17(13)21/h14-16H,1,5-12H2,2-4H3/t14-,15+,16+,19-,20-/m1/s1. The van der Waals surface area contributed by atoms with E-state index in [1.54, 1.807) is 0 Å². The lowest BCUT2D eigenvalue weighted by atomic mass is 9.41. The van der Waals surface area contributed by atoms with E-state index < -0.39 is 0 Å². The van der Waals surface area contributed by atoms with Crippen molar-refractivity contribution in [3.05, 3.63) is 12.2 Å². The maximum Gasteiger partial charge on any atom is 0.165 e. The van der Waals surface area contributed by atoms with E-state index in [2.05, 4.69) is 27.4 Å². The minimum absolute atomic E-state index is 0.00132. The van der Waals surface area contributed by atoms with Gasteiger partial charge in [0.05, 0.1) is 0 Å². The predicted octanol–water partition coefficient (Wildman–Crippen LogP) is 5.15. The van der Waals surface area contributed by atoms with Crippen LogP contribution in [-0.2, 0) is 4.79 Å². The lowest BCUT2D eigenvalue weighted by Gasteiger charge is -2.63. The molecule has 0 radical (unpaired) electrons. The predicted molar refractivity (Wildman–Crippen MR) is 85.9 cm³/mol. The second-order valence-corrected chi connectivity index (χ2v) is 9.48. The van der Waals surface area contributed by atoms with Gasteiger partial charge in [-0.3, -0.25) is 4.79 Å². The van der Waals surface area contributed by atoms with Gasteiger partial charge in [0.1, 0.15) is 0 Å². The average Bonchev–Trinajstić information content (AvgIpc) is 2.59. The number of Topliss-reactive ketones (excluding diaryl/α,β-unsaturated/α-hetero) is 1. The molecule has 5 atom stereocenters. The normalized spacial score (nSPS) is 51.5. The van der Waals surface area contributed by atoms with Gasteiger partial charge >= 0.3 is 0 Å². The number of allylic oxidation sites excluding steroid dienone is 1. The molecular formula is C20H30O. The number of rotatable bonds is 0. The maximum atomic E-state index is 13.0. The molecule has 0 N–H and O–H groups in total. The van der Waals surface area contributed by atoms with Crippen molar-refractivity contribution >= 4 is 5.78 Å². The fourth-order valence-electron chi connectivity index (χ4n) is 7.44. The Labute approximate surface area is 129 Å². The molecule has 1 spiro atoms. The largest absolute Gasteiger partial charge is 0.294 e. The van der Waals surface area contributed by atoms with Crippen LogP contribution in [0.1, 0.15) is 72.1 Å². The summed E-state index contributed by atoms with van der Waals surface area (Å²) in [6.45, 7) is 11.7. The molecule has 1 nitrogen and oxygen atoms in total. The minimum Gasteiger partial charge on any atom is -0.294 e. The number of ketones is 1. The first-order chi connectivity index (χ1) is 9.81. The van der Waals surface area contributed by atoms with Gasteiger partial charge in [-0.25, -0.2) is 0 Å². The van der Waals surface area contributed by atoms with E-state index in [4.69, 9.17) is 0 Å². The van der Waals surface area contributed by atoms with E-state index in [0.29, 0.717) is 28.4 Å². The summed E-state index contributed by atoms with van der Waals surface area (Å²) in [7, 11) is 0. The maximum absolute atomic E-state index is 13.0. The number of hydrogen-bond donors (Lipinski definition) is 0. The summed E-state index contributed by atoms with van der Waals surface area (Å²) in [5.74, 6) is 2.43. The van der Waals surface area contributed by atoms with Crippen LogP contribution in [-0.4, -0.2) is 5.78 Å². The van der Waals surface area contributed by atoms with E-state index >= 15 is 0 Å². The van der Waals surface area contributed by atoms with Gasteiger partial charge in [-0.1, -0.05) is 33.8 Å². The highest BCUT2D eigenvalue weighted by molar-refractivity contribution is 6.03. The Kier molecular flexibility index (Phi) is 2.69. The molecule has 2 bridgehead atoms. The van der Waals surface area contributed by atoms with Gasteiger partial charge in [-0.2, -0.15) is 0 Å². The Morgan fingerprint density at radius 1 is 1.00 bits per heavy atom. The van der Waals surface area contributed by atoms with Gasteiger partial charge in [0, 0.05) is 5.41 Å². The molecule has 0 aromatic rings. The molecule has 1 heteroatoms. The van der Waals surface area contributed by atoms with Gasteiger partial charge in [0.25, 0.3) is 0 Å². The van der Waals surface area contributed by atoms with Gasteiger partial charge in [0.2, 0.25) is 0 Å². The summed E-state index contributed by atoms with van der Waals surface area (Å²) in [4.78, 5) is 13.0. The quantitative estimate of drug-likeness (QED) is 0.562. The molecule has 116 valence electrons. The average molecular weight is 286 g/mol. The first-order valence-corrected chi connectivity index (χ1v) is 9.05. The Hall–Kier alpha value is -0.590. The summed E-state index contributed by atoms with van der Waals surface area (Å²) in [5.41, 5.74) is 1.84. The molecule has 0 unspecified atom stereocenters. The van der Waals surface area contributed by atoms with E-state index in [1.165, 1.54) is 38.5 Å². The van der Waals surface area contributed by atoms with E-state index in [0.717, 1.165) is 24.3 Å². The molecule has 21 heavy (non-hydrogen) atoms. The minimum atomic E-state index is -0.00132. The topological polar surface area (TPSA) is 17.1 Å². The molecule has 0 aromatic carbocycles. The lowest BCUT2D eigenvalue weighted by Crippen LogP contribution is -2.57. The Morgan fingerprint density at radius 2 is 1.76 bits per heavy atom. The monoisotopic (exact) mass is 286 g/mol. The highest BCUT2D eigenvalue weighted by atomic mass is 16.1. The third-order valence-electron chi connectivity index (χ3n) is 8.27. The molecule has 0 amide bonds. The molecule has 0 heterocycles. The first-order valence-electron chi connectivity index (χ1n) is 9.05. The van der Waals surface area contributed by atoms with Crippen LogP contribution in [0.3, 0.4) is 0 Å². The van der Waals surface area contributed by atoms with Crippen molar-refractivity contribution in [1.82, 2.24) is 0 Å². The number of hydrogen-bond acceptors (Lipinski definition) is 1. The molecule has 4 rings (SSSR count). The van der Waals surface area contributed by atoms with E-state index in [-0.39, 0.29) is 5.41 Å². The van der Waals surface area contributed by atoms with Crippen LogP contribution in [0.25, 0.3) is 0 Å². The van der Waals surface area contributed by atoms with Crippen molar-refractivity contribution in [2.45, 2.75) is 72.1 Å². The fraction of sp³-hybridized carbons (Fsp3) is 0.850. The highest BCUT2D eigenvalue weighted by Crippen LogP contribution is 2.70. The van der Waals surface area contributed by atoms with Crippen molar-refractivity contribution in [2.75, 3.05) is 0 Å². The summed E-state index contributed by atoms with van der Waals surface area (Å²) >= 11 is 0. The van der Waals surface area contributed by atoms with Crippen molar-refractivity contribution < 1.29 is 4.79 Å². The van der Waals surface area contributed by atoms with Crippen LogP contribution in [0.2, 0.25) is 0 Å². The second-order valence-electron chi connectivity index (χ2n) is 9.48. The van der Waals surface area contributed by atoms with Crippen molar-refractivity contribution in [2.24, 2.45) is 34.0 Å². The van der Waals surface area contributed by atoms with Gasteiger partial charge in [-0.05, 0) is 79.1 Å². The van der Waals surface area contributed by atoms with Crippen LogP contribution < -0.4 is 0 Å². The second kappa shape index (κ2) is 4.03. The number of carbonyl (C=O) groups is 1. The zero-order valence-electron chi connectivity index (χ0n) is 14.0. The molecule has 4 fully saturated rings. The zero-order valence-corrected chi connectivity index (χ0v) is 14.0. The van der Waals surface area contributed by atoms with Crippen LogP contribution in [0.5, 0.6) is 0 Å². The zero-order chi connectivity index (χ0) is 15.0. The summed E-state index contributed by atoms with van der Waals surface area (Å²) in [6.07, 6.45) is 10.1. The Balaban J connectivity index is 1.79. The summed E-state index contributed by atoms with van der Waals surface area (Å²) < 4.78 is 0. The highest BCUT2D eigenvalue weighted by Gasteiger charge is 2.66. The van der Waals surface area contributed by atoms with Crippen LogP contribution in [0.15, 0.2) is 12.2 Å². The van der Waals surface area contributed by atoms with Gasteiger partial charge in [-0.15, -0.1) is 0 Å². The smallest absolute Gasteiger partial charge is 0.165 e. The number of fused-ring (bicyclic) bond motifs is 3. The Morgan fingerprint density at radius 3 is 2.52 bits per heavy atom. The van der Waals surface area contributed by atoms with Crippen LogP contribution in [0.4, 0.5) is 0 Å². The van der Waals surface area contributed by atoms with Gasteiger partial charge < -0.3 is 0 Å². The molecule has 4 aliphatic rings. The SMILES string of the molecule is C=C1C(=O)[C@@]23CC[C@H]4C(C)(C)CCC[C@@]4(C)[C@@H]2CC[C@@H]1C3. The molecule has 0 saturated heterocycles. The van der Waals surface area contributed by atoms with Crippen molar-refractivity contribution in [3.63, 3.8) is 0 Å². The van der Waals surface area contributed by atoms with Gasteiger partial charge in [0.15, 0.2) is 5.78 Å². The molecule has 0 aromatic heterocycles. The third-order valence-corrected chi connectivity index (χ3v) is 8.27.